The van der Waals surface area contributed by atoms with E-state index in [1.807, 2.05) is 19.0 Å². The van der Waals surface area contributed by atoms with Gasteiger partial charge < -0.3 is 34.7 Å². The van der Waals surface area contributed by atoms with Crippen molar-refractivity contribution >= 4 is 40.6 Å². The molecule has 3 N–H and O–H groups in total. The highest BCUT2D eigenvalue weighted by molar-refractivity contribution is 5.96. The van der Waals surface area contributed by atoms with Crippen LogP contribution in [0.3, 0.4) is 0 Å². The number of aryl methyl sites for hydroxylation is 1. The van der Waals surface area contributed by atoms with Gasteiger partial charge in [-0.1, -0.05) is 6.08 Å². The quantitative estimate of drug-likeness (QED) is 0.319. The first kappa shape index (κ1) is 28.8. The Morgan fingerprint density at radius 3 is 2.59 bits per heavy atom. The number of imidazole rings is 1. The lowest BCUT2D eigenvalue weighted by Crippen LogP contribution is -2.44. The lowest BCUT2D eigenvalue weighted by molar-refractivity contribution is -0.123. The highest BCUT2D eigenvalue weighted by atomic mass is 16.5. The standard InChI is InChI=1S/C25H33N9O5/c1-15-26-21-20(22(27-15)33(4)5)30-18(31-21)14-34-13-9-11-17(24(34)37)28-23(36)16(29-25(38)39-6)10-7-8-12-19(35)32(2)3/h8-9,11-13,16H,7,10,14H2,1-6H3,(H,28,36)(H,29,38)(H,26,27,30,31)/b12-8+/t16-/m0/s1. The third kappa shape index (κ3) is 7.40. The van der Waals surface area contributed by atoms with Gasteiger partial charge in [0.2, 0.25) is 11.8 Å². The van der Waals surface area contributed by atoms with Crippen LogP contribution < -0.4 is 21.1 Å². The van der Waals surface area contributed by atoms with Gasteiger partial charge in [-0.15, -0.1) is 0 Å². The highest BCUT2D eigenvalue weighted by Crippen LogP contribution is 2.20. The van der Waals surface area contributed by atoms with Gasteiger partial charge in [0.15, 0.2) is 17.0 Å². The lowest BCUT2D eigenvalue weighted by Gasteiger charge is -2.17. The predicted molar refractivity (Wildman–Crippen MR) is 146 cm³/mol. The number of alkyl carbamates (subject to hydrolysis) is 1. The zero-order chi connectivity index (χ0) is 28.7. The maximum absolute atomic E-state index is 13.2. The van der Waals surface area contributed by atoms with Crippen molar-refractivity contribution in [3.05, 3.63) is 52.5 Å². The van der Waals surface area contributed by atoms with Crippen LogP contribution in [0.2, 0.25) is 0 Å². The van der Waals surface area contributed by atoms with E-state index in [0.717, 1.165) is 0 Å². The normalized spacial score (nSPS) is 11.8. The van der Waals surface area contributed by atoms with Gasteiger partial charge >= 0.3 is 6.09 Å². The number of ether oxygens (including phenoxy) is 1. The number of anilines is 2. The average molecular weight is 540 g/mol. The van der Waals surface area contributed by atoms with E-state index in [-0.39, 0.29) is 24.6 Å². The molecule has 0 aliphatic heterocycles. The Morgan fingerprint density at radius 2 is 1.92 bits per heavy atom. The molecule has 0 aromatic carbocycles. The molecule has 1 atom stereocenters. The number of amides is 3. The topological polar surface area (TPSA) is 167 Å². The molecule has 3 rings (SSSR count). The maximum Gasteiger partial charge on any atom is 0.407 e. The van der Waals surface area contributed by atoms with Gasteiger partial charge in [0, 0.05) is 34.4 Å². The summed E-state index contributed by atoms with van der Waals surface area (Å²) in [4.78, 5) is 69.5. The molecular formula is C25H33N9O5. The Balaban J connectivity index is 1.78. The molecule has 14 heteroatoms. The number of aromatic nitrogens is 5. The minimum Gasteiger partial charge on any atom is -0.453 e. The van der Waals surface area contributed by atoms with E-state index in [0.29, 0.717) is 35.1 Å². The van der Waals surface area contributed by atoms with Crippen molar-refractivity contribution in [2.24, 2.45) is 0 Å². The molecule has 0 bridgehead atoms. The molecule has 3 aromatic heterocycles. The van der Waals surface area contributed by atoms with Crippen LogP contribution >= 0.6 is 0 Å². The summed E-state index contributed by atoms with van der Waals surface area (Å²) in [6.45, 7) is 1.88. The number of carbonyl (C=O) groups excluding carboxylic acids is 3. The van der Waals surface area contributed by atoms with Crippen molar-refractivity contribution in [2.45, 2.75) is 32.4 Å². The molecule has 39 heavy (non-hydrogen) atoms. The van der Waals surface area contributed by atoms with Crippen molar-refractivity contribution in [3.63, 3.8) is 0 Å². The first-order chi connectivity index (χ1) is 18.5. The number of methoxy groups -OCH3 is 1. The second kappa shape index (κ2) is 12.7. The van der Waals surface area contributed by atoms with E-state index >= 15 is 0 Å². The van der Waals surface area contributed by atoms with Crippen LogP contribution in [0.25, 0.3) is 11.2 Å². The monoisotopic (exact) mass is 539 g/mol. The fraction of sp³-hybridized carbons (Fsp3) is 0.400. The van der Waals surface area contributed by atoms with Crippen LogP contribution in [0, 0.1) is 6.92 Å². The van der Waals surface area contributed by atoms with Crippen LogP contribution in [0.4, 0.5) is 16.3 Å². The van der Waals surface area contributed by atoms with E-state index in [2.05, 4.69) is 35.3 Å². The second-order valence-electron chi connectivity index (χ2n) is 9.11. The first-order valence-electron chi connectivity index (χ1n) is 12.1. The number of fused-ring (bicyclic) bond motifs is 1. The maximum atomic E-state index is 13.2. The molecule has 0 spiro atoms. The number of nitrogens with zero attached hydrogens (tertiary/aromatic N) is 6. The van der Waals surface area contributed by atoms with Gasteiger partial charge in [-0.3, -0.25) is 14.4 Å². The summed E-state index contributed by atoms with van der Waals surface area (Å²) in [5.74, 6) is 0.915. The number of hydrogen-bond donors (Lipinski definition) is 3. The summed E-state index contributed by atoms with van der Waals surface area (Å²) in [6, 6.07) is 2.08. The van der Waals surface area contributed by atoms with Gasteiger partial charge in [-0.2, -0.15) is 0 Å². The number of allylic oxidation sites excluding steroid dienone is 1. The van der Waals surface area contributed by atoms with Gasteiger partial charge in [0.25, 0.3) is 5.56 Å². The van der Waals surface area contributed by atoms with E-state index in [1.165, 1.54) is 28.7 Å². The molecular weight excluding hydrogens is 506 g/mol. The second-order valence-corrected chi connectivity index (χ2v) is 9.11. The zero-order valence-electron chi connectivity index (χ0n) is 22.8. The minimum absolute atomic E-state index is 0.0261. The number of rotatable bonds is 10. The van der Waals surface area contributed by atoms with Crippen LogP contribution in [0.5, 0.6) is 0 Å². The van der Waals surface area contributed by atoms with Crippen molar-refractivity contribution in [1.29, 1.82) is 0 Å². The number of pyridine rings is 1. The largest absolute Gasteiger partial charge is 0.453 e. The average Bonchev–Trinajstić information content (AvgIpc) is 3.28. The molecule has 208 valence electrons. The molecule has 0 aliphatic carbocycles. The third-order valence-electron chi connectivity index (χ3n) is 5.63. The molecule has 14 nitrogen and oxygen atoms in total. The van der Waals surface area contributed by atoms with E-state index < -0.39 is 23.6 Å². The Hall–Kier alpha value is -4.75. The SMILES string of the molecule is COC(=O)N[C@@H](CC/C=C/C(=O)N(C)C)C(=O)Nc1cccn(Cc2nc3c(N(C)C)nc(C)nc3[nH]2)c1=O. The summed E-state index contributed by atoms with van der Waals surface area (Å²) in [5.41, 5.74) is 0.695. The van der Waals surface area contributed by atoms with Gasteiger partial charge in [-0.05, 0) is 38.0 Å². The number of aromatic amines is 1. The molecule has 3 amide bonds. The molecule has 3 heterocycles. The lowest BCUT2D eigenvalue weighted by atomic mass is 10.1. The van der Waals surface area contributed by atoms with Crippen LogP contribution in [-0.4, -0.2) is 88.7 Å². The summed E-state index contributed by atoms with van der Waals surface area (Å²) >= 11 is 0. The molecule has 0 fully saturated rings. The number of H-pyrrole nitrogens is 1. The van der Waals surface area contributed by atoms with Gasteiger partial charge in [0.05, 0.1) is 13.7 Å². The van der Waals surface area contributed by atoms with E-state index in [1.54, 1.807) is 39.4 Å². The third-order valence-corrected chi connectivity index (χ3v) is 5.63. The van der Waals surface area contributed by atoms with Crippen LogP contribution in [0.1, 0.15) is 24.5 Å². The van der Waals surface area contributed by atoms with Crippen molar-refractivity contribution < 1.29 is 19.1 Å². The fourth-order valence-corrected chi connectivity index (χ4v) is 3.63. The van der Waals surface area contributed by atoms with Crippen molar-refractivity contribution in [1.82, 2.24) is 34.7 Å². The number of nitrogens with one attached hydrogen (secondary N) is 3. The predicted octanol–water partition coefficient (Wildman–Crippen LogP) is 1.03. The molecule has 0 unspecified atom stereocenters. The number of hydrogen-bond acceptors (Lipinski definition) is 9. The molecule has 0 saturated heterocycles. The Morgan fingerprint density at radius 1 is 1.18 bits per heavy atom. The summed E-state index contributed by atoms with van der Waals surface area (Å²) < 4.78 is 6.01. The van der Waals surface area contributed by atoms with Crippen molar-refractivity contribution in [2.75, 3.05) is 45.5 Å². The number of likely N-dealkylation sites (N-methyl/N-ethyl adjacent to an activating group) is 1. The fourth-order valence-electron chi connectivity index (χ4n) is 3.63. The van der Waals surface area contributed by atoms with Gasteiger partial charge in [0.1, 0.15) is 23.4 Å². The summed E-state index contributed by atoms with van der Waals surface area (Å²) in [6.07, 6.45) is 4.27. The van der Waals surface area contributed by atoms with Crippen molar-refractivity contribution in [3.8, 4) is 0 Å². The zero-order valence-corrected chi connectivity index (χ0v) is 22.8. The Labute approximate surface area is 225 Å². The van der Waals surface area contributed by atoms with Gasteiger partial charge in [-0.25, -0.2) is 19.7 Å². The first-order valence-corrected chi connectivity index (χ1v) is 12.1. The minimum atomic E-state index is -1.01. The smallest absolute Gasteiger partial charge is 0.407 e. The highest BCUT2D eigenvalue weighted by Gasteiger charge is 2.22. The summed E-state index contributed by atoms with van der Waals surface area (Å²) in [7, 11) is 8.14. The molecule has 0 saturated carbocycles. The molecule has 0 aliphatic rings. The molecule has 0 radical (unpaired) electrons. The van der Waals surface area contributed by atoms with Crippen LogP contribution in [-0.2, 0) is 20.9 Å². The summed E-state index contributed by atoms with van der Waals surface area (Å²) in [5, 5.41) is 5.05. The Kier molecular flexibility index (Phi) is 9.36. The van der Waals surface area contributed by atoms with Crippen LogP contribution in [0.15, 0.2) is 35.3 Å². The Bertz CT molecular complexity index is 1440. The van der Waals surface area contributed by atoms with E-state index in [4.69, 9.17) is 0 Å². The van der Waals surface area contributed by atoms with E-state index in [9.17, 15) is 19.2 Å². The number of carbonyl (C=O) groups is 3. The molecule has 3 aromatic rings.